The summed E-state index contributed by atoms with van der Waals surface area (Å²) in [4.78, 5) is 2.41. The first-order valence-electron chi connectivity index (χ1n) is 9.30. The monoisotopic (exact) mass is 356 g/mol. The summed E-state index contributed by atoms with van der Waals surface area (Å²) < 4.78 is 45.4. The molecule has 1 saturated carbocycles. The van der Waals surface area contributed by atoms with Crippen molar-refractivity contribution in [1.29, 1.82) is 0 Å². The summed E-state index contributed by atoms with van der Waals surface area (Å²) in [6.07, 6.45) is 7.34. The fourth-order valence-electron chi connectivity index (χ4n) is 3.87. The number of hydrogen-bond donors (Lipinski definition) is 1. The third kappa shape index (κ3) is 5.11. The molecule has 0 amide bonds. The molecule has 2 aliphatic rings. The number of ether oxygens (including phenoxy) is 1. The molecule has 25 heavy (non-hydrogen) atoms. The van der Waals surface area contributed by atoms with E-state index in [9.17, 15) is 13.2 Å². The first-order valence-corrected chi connectivity index (χ1v) is 9.30. The van der Waals surface area contributed by atoms with E-state index in [1.807, 2.05) is 0 Å². The van der Waals surface area contributed by atoms with Crippen molar-refractivity contribution < 1.29 is 17.9 Å². The maximum absolute atomic E-state index is 13.7. The zero-order valence-electron chi connectivity index (χ0n) is 14.5. The lowest BCUT2D eigenvalue weighted by Crippen LogP contribution is -2.39. The third-order valence-corrected chi connectivity index (χ3v) is 5.55. The highest BCUT2D eigenvalue weighted by Crippen LogP contribution is 2.27. The summed E-state index contributed by atoms with van der Waals surface area (Å²) in [6, 6.07) is 1.72. The van der Waals surface area contributed by atoms with E-state index in [0.717, 1.165) is 57.3 Å². The fraction of sp³-hybridized carbons (Fsp3) is 0.684. The Morgan fingerprint density at radius 1 is 0.920 bits per heavy atom. The molecule has 1 saturated heterocycles. The van der Waals surface area contributed by atoms with Crippen molar-refractivity contribution in [3.63, 3.8) is 0 Å². The normalized spacial score (nSPS) is 25.9. The van der Waals surface area contributed by atoms with Crippen LogP contribution >= 0.6 is 0 Å². The van der Waals surface area contributed by atoms with Crippen molar-refractivity contribution in [2.75, 3.05) is 19.6 Å². The van der Waals surface area contributed by atoms with Gasteiger partial charge in [-0.15, -0.1) is 0 Å². The highest BCUT2D eigenvalue weighted by atomic mass is 19.2. The summed E-state index contributed by atoms with van der Waals surface area (Å²) in [6.45, 7) is 2.86. The molecule has 1 aromatic rings. The summed E-state index contributed by atoms with van der Waals surface area (Å²) in [5, 5.41) is 0. The summed E-state index contributed by atoms with van der Waals surface area (Å²) in [7, 11) is 0. The number of benzene rings is 1. The van der Waals surface area contributed by atoms with Crippen molar-refractivity contribution in [2.45, 2.75) is 57.1 Å². The van der Waals surface area contributed by atoms with Crippen LogP contribution in [0.1, 0.15) is 44.9 Å². The van der Waals surface area contributed by atoms with Gasteiger partial charge < -0.3 is 15.4 Å². The zero-order valence-corrected chi connectivity index (χ0v) is 14.5. The van der Waals surface area contributed by atoms with E-state index < -0.39 is 17.5 Å². The molecular formula is C19H27F3N2O. The molecule has 0 spiro atoms. The van der Waals surface area contributed by atoms with E-state index in [1.54, 1.807) is 0 Å². The van der Waals surface area contributed by atoms with E-state index in [1.165, 1.54) is 19.3 Å². The molecule has 0 atom stereocenters. The molecule has 6 heteroatoms. The summed E-state index contributed by atoms with van der Waals surface area (Å²) >= 11 is 0. The number of likely N-dealkylation sites (tertiary alicyclic amines) is 1. The van der Waals surface area contributed by atoms with Gasteiger partial charge in [-0.05, 0) is 57.4 Å². The largest absolute Gasteiger partial charge is 0.487 e. The van der Waals surface area contributed by atoms with Crippen LogP contribution in [0.2, 0.25) is 0 Å². The number of halogens is 3. The van der Waals surface area contributed by atoms with Crippen molar-refractivity contribution in [1.82, 2.24) is 4.90 Å². The fourth-order valence-corrected chi connectivity index (χ4v) is 3.87. The molecule has 0 aromatic heterocycles. The van der Waals surface area contributed by atoms with Gasteiger partial charge in [0, 0.05) is 31.3 Å². The lowest BCUT2D eigenvalue weighted by molar-refractivity contribution is 0.0917. The second kappa shape index (κ2) is 8.41. The molecule has 1 aliphatic heterocycles. The second-order valence-corrected chi connectivity index (χ2v) is 7.43. The van der Waals surface area contributed by atoms with Gasteiger partial charge in [0.1, 0.15) is 6.10 Å². The molecule has 1 aromatic carbocycles. The molecule has 0 unspecified atom stereocenters. The number of nitrogens with zero attached hydrogens (tertiary/aromatic N) is 1. The van der Waals surface area contributed by atoms with Crippen LogP contribution in [0.4, 0.5) is 13.2 Å². The van der Waals surface area contributed by atoms with Gasteiger partial charge in [0.25, 0.3) is 0 Å². The third-order valence-electron chi connectivity index (χ3n) is 5.55. The second-order valence-electron chi connectivity index (χ2n) is 7.43. The van der Waals surface area contributed by atoms with Crippen LogP contribution in [0.5, 0.6) is 5.75 Å². The number of rotatable bonds is 5. The minimum atomic E-state index is -1.19. The topological polar surface area (TPSA) is 38.5 Å². The SMILES string of the molecule is NC1CCC(CCN2CCC(Oc3cc(F)c(F)cc3F)CC2)CC1. The van der Waals surface area contributed by atoms with Gasteiger partial charge in [-0.25, -0.2) is 13.2 Å². The van der Waals surface area contributed by atoms with Crippen LogP contribution in [0, 0.1) is 23.4 Å². The Bertz CT molecular complexity index is 568. The highest BCUT2D eigenvalue weighted by molar-refractivity contribution is 5.26. The van der Waals surface area contributed by atoms with Gasteiger partial charge in [0.15, 0.2) is 23.2 Å². The minimum Gasteiger partial charge on any atom is -0.487 e. The Kier molecular flexibility index (Phi) is 6.23. The summed E-state index contributed by atoms with van der Waals surface area (Å²) in [5.74, 6) is -2.54. The van der Waals surface area contributed by atoms with Gasteiger partial charge in [-0.2, -0.15) is 0 Å². The first-order chi connectivity index (χ1) is 12.0. The number of nitrogens with two attached hydrogens (primary N) is 1. The standard InChI is InChI=1S/C19H27F3N2O/c20-16-11-18(22)19(12-17(16)21)25-15-6-9-24(10-7-15)8-5-13-1-3-14(23)4-2-13/h11-15H,1-10,23H2. The van der Waals surface area contributed by atoms with Gasteiger partial charge in [-0.1, -0.05) is 0 Å². The average Bonchev–Trinajstić information content (AvgIpc) is 2.60. The zero-order chi connectivity index (χ0) is 17.8. The van der Waals surface area contributed by atoms with Crippen molar-refractivity contribution >= 4 is 0 Å². The van der Waals surface area contributed by atoms with Crippen LogP contribution in [0.3, 0.4) is 0 Å². The van der Waals surface area contributed by atoms with Crippen molar-refractivity contribution in [3.8, 4) is 5.75 Å². The van der Waals surface area contributed by atoms with Gasteiger partial charge in [0.2, 0.25) is 0 Å². The quantitative estimate of drug-likeness (QED) is 0.815. The number of piperidine rings is 1. The average molecular weight is 356 g/mol. The van der Waals surface area contributed by atoms with Crippen LogP contribution in [-0.4, -0.2) is 36.7 Å². The van der Waals surface area contributed by atoms with Crippen LogP contribution in [0.25, 0.3) is 0 Å². The van der Waals surface area contributed by atoms with Crippen LogP contribution < -0.4 is 10.5 Å². The summed E-state index contributed by atoms with van der Waals surface area (Å²) in [5.41, 5.74) is 5.95. The van der Waals surface area contributed by atoms with E-state index >= 15 is 0 Å². The molecule has 0 radical (unpaired) electrons. The Hall–Kier alpha value is -1.27. The predicted octanol–water partition coefficient (Wildman–Crippen LogP) is 3.85. The Morgan fingerprint density at radius 2 is 1.56 bits per heavy atom. The smallest absolute Gasteiger partial charge is 0.168 e. The Morgan fingerprint density at radius 3 is 2.24 bits per heavy atom. The molecule has 1 aliphatic carbocycles. The van der Waals surface area contributed by atoms with Crippen molar-refractivity contribution in [2.24, 2.45) is 11.7 Å². The molecule has 140 valence electrons. The van der Waals surface area contributed by atoms with E-state index in [0.29, 0.717) is 12.1 Å². The Labute approximate surface area is 147 Å². The van der Waals surface area contributed by atoms with E-state index in [-0.39, 0.29) is 11.9 Å². The molecule has 1 heterocycles. The van der Waals surface area contributed by atoms with Gasteiger partial charge >= 0.3 is 0 Å². The van der Waals surface area contributed by atoms with Crippen molar-refractivity contribution in [3.05, 3.63) is 29.6 Å². The maximum Gasteiger partial charge on any atom is 0.168 e. The Balaban J connectivity index is 1.41. The van der Waals surface area contributed by atoms with Crippen LogP contribution in [0.15, 0.2) is 12.1 Å². The number of hydrogen-bond acceptors (Lipinski definition) is 3. The molecule has 3 nitrogen and oxygen atoms in total. The molecular weight excluding hydrogens is 329 g/mol. The lowest BCUT2D eigenvalue weighted by Gasteiger charge is -2.34. The van der Waals surface area contributed by atoms with E-state index in [2.05, 4.69) is 4.90 Å². The first kappa shape index (κ1) is 18.5. The molecule has 2 fully saturated rings. The van der Waals surface area contributed by atoms with Gasteiger partial charge in [0.05, 0.1) is 0 Å². The highest BCUT2D eigenvalue weighted by Gasteiger charge is 2.24. The van der Waals surface area contributed by atoms with Crippen LogP contribution in [-0.2, 0) is 0 Å². The molecule has 0 bridgehead atoms. The predicted molar refractivity (Wildman–Crippen MR) is 91.0 cm³/mol. The molecule has 3 rings (SSSR count). The van der Waals surface area contributed by atoms with Gasteiger partial charge in [-0.3, -0.25) is 0 Å². The maximum atomic E-state index is 13.7. The lowest BCUT2D eigenvalue weighted by atomic mass is 9.84. The molecule has 2 N–H and O–H groups in total. The van der Waals surface area contributed by atoms with E-state index in [4.69, 9.17) is 10.5 Å². The minimum absolute atomic E-state index is 0.150.